The van der Waals surface area contributed by atoms with E-state index in [-0.39, 0.29) is 17.2 Å². The van der Waals surface area contributed by atoms with Crippen LogP contribution in [0.15, 0.2) is 30.5 Å². The van der Waals surface area contributed by atoms with E-state index in [1.54, 1.807) is 12.1 Å². The quantitative estimate of drug-likeness (QED) is 0.710. The van der Waals surface area contributed by atoms with E-state index in [0.717, 1.165) is 25.0 Å². The summed E-state index contributed by atoms with van der Waals surface area (Å²) in [4.78, 5) is 4.19. The fourth-order valence-corrected chi connectivity index (χ4v) is 2.76. The van der Waals surface area contributed by atoms with Crippen molar-refractivity contribution in [2.75, 3.05) is 10.6 Å². The van der Waals surface area contributed by atoms with Crippen LogP contribution in [0.3, 0.4) is 0 Å². The predicted molar refractivity (Wildman–Crippen MR) is 93.8 cm³/mol. The van der Waals surface area contributed by atoms with Gasteiger partial charge < -0.3 is 10.6 Å². The van der Waals surface area contributed by atoms with Gasteiger partial charge in [0, 0.05) is 17.8 Å². The molecule has 0 spiro atoms. The monoisotopic (exact) mass is 383 g/mol. The van der Waals surface area contributed by atoms with Crippen molar-refractivity contribution in [2.45, 2.75) is 25.1 Å². The maximum Gasteiger partial charge on any atom is 0.417 e. The largest absolute Gasteiger partial charge is 0.417 e. The molecular formula is C18H12F3N7. The molecule has 0 amide bonds. The van der Waals surface area contributed by atoms with E-state index in [1.165, 1.54) is 16.8 Å². The Bertz CT molecular complexity index is 1150. The molecule has 1 saturated carbocycles. The van der Waals surface area contributed by atoms with Gasteiger partial charge in [-0.1, -0.05) is 0 Å². The van der Waals surface area contributed by atoms with Crippen LogP contribution >= 0.6 is 0 Å². The molecule has 10 heteroatoms. The van der Waals surface area contributed by atoms with Gasteiger partial charge in [0.05, 0.1) is 29.1 Å². The number of fused-ring (bicyclic) bond motifs is 1. The summed E-state index contributed by atoms with van der Waals surface area (Å²) in [5, 5.41) is 28.5. The Morgan fingerprint density at radius 1 is 1.14 bits per heavy atom. The van der Waals surface area contributed by atoms with Gasteiger partial charge in [-0.15, -0.1) is 5.10 Å². The lowest BCUT2D eigenvalue weighted by Crippen LogP contribution is -2.10. The summed E-state index contributed by atoms with van der Waals surface area (Å²) in [6.07, 6.45) is -1.26. The fraction of sp³-hybridized carbons (Fsp3) is 0.222. The maximum absolute atomic E-state index is 13.2. The van der Waals surface area contributed by atoms with Crippen LogP contribution in [-0.2, 0) is 6.18 Å². The number of alkyl halides is 3. The third-order valence-electron chi connectivity index (χ3n) is 4.24. The molecule has 2 heterocycles. The van der Waals surface area contributed by atoms with Crippen LogP contribution in [0.25, 0.3) is 5.65 Å². The van der Waals surface area contributed by atoms with Crippen molar-refractivity contribution >= 4 is 22.8 Å². The predicted octanol–water partition coefficient (Wildman–Crippen LogP) is 3.81. The van der Waals surface area contributed by atoms with Gasteiger partial charge in [-0.3, -0.25) is 0 Å². The molecule has 4 rings (SSSR count). The lowest BCUT2D eigenvalue weighted by Gasteiger charge is -2.13. The first kappa shape index (κ1) is 17.6. The summed E-state index contributed by atoms with van der Waals surface area (Å²) < 4.78 is 40.9. The molecule has 7 nitrogen and oxygen atoms in total. The lowest BCUT2D eigenvalue weighted by molar-refractivity contribution is -0.137. The number of nitrogens with one attached hydrogen (secondary N) is 2. The number of imidazole rings is 1. The van der Waals surface area contributed by atoms with Crippen LogP contribution in [-0.4, -0.2) is 20.6 Å². The highest BCUT2D eigenvalue weighted by Crippen LogP contribution is 2.34. The second-order valence-electron chi connectivity index (χ2n) is 6.35. The molecule has 0 atom stereocenters. The Balaban J connectivity index is 1.75. The van der Waals surface area contributed by atoms with E-state index >= 15 is 0 Å². The molecule has 0 unspecified atom stereocenters. The van der Waals surface area contributed by atoms with E-state index in [1.807, 2.05) is 6.07 Å². The molecule has 1 aromatic carbocycles. The fourth-order valence-electron chi connectivity index (χ4n) is 2.76. The van der Waals surface area contributed by atoms with Crippen molar-refractivity contribution in [3.63, 3.8) is 0 Å². The zero-order valence-corrected chi connectivity index (χ0v) is 14.2. The van der Waals surface area contributed by atoms with Crippen LogP contribution in [0.5, 0.6) is 0 Å². The van der Waals surface area contributed by atoms with Crippen molar-refractivity contribution in [3.05, 3.63) is 47.3 Å². The first-order chi connectivity index (χ1) is 13.4. The van der Waals surface area contributed by atoms with Crippen LogP contribution < -0.4 is 10.6 Å². The maximum atomic E-state index is 13.2. The number of hydrogen-bond acceptors (Lipinski definition) is 6. The average molecular weight is 383 g/mol. The number of anilines is 3. The summed E-state index contributed by atoms with van der Waals surface area (Å²) in [7, 11) is 0. The molecule has 1 aliphatic rings. The van der Waals surface area contributed by atoms with E-state index in [0.29, 0.717) is 17.4 Å². The Kier molecular flexibility index (Phi) is 4.04. The molecule has 0 bridgehead atoms. The van der Waals surface area contributed by atoms with Gasteiger partial charge >= 0.3 is 6.18 Å². The van der Waals surface area contributed by atoms with Gasteiger partial charge in [0.2, 0.25) is 0 Å². The minimum Gasteiger partial charge on any atom is -0.379 e. The summed E-state index contributed by atoms with van der Waals surface area (Å²) >= 11 is 0. The highest BCUT2D eigenvalue weighted by atomic mass is 19.4. The molecule has 0 saturated heterocycles. The van der Waals surface area contributed by atoms with E-state index in [4.69, 9.17) is 5.26 Å². The van der Waals surface area contributed by atoms with Gasteiger partial charge in [0.15, 0.2) is 17.2 Å². The number of nitrogens with zero attached hydrogens (tertiary/aromatic N) is 5. The number of aromatic nitrogens is 3. The minimum absolute atomic E-state index is 0.120. The number of rotatable bonds is 4. The Labute approximate surface area is 157 Å². The topological polar surface area (TPSA) is 102 Å². The molecule has 3 aromatic rings. The molecule has 28 heavy (non-hydrogen) atoms. The lowest BCUT2D eigenvalue weighted by atomic mass is 10.1. The van der Waals surface area contributed by atoms with E-state index in [2.05, 4.69) is 20.7 Å². The average Bonchev–Trinajstić information content (AvgIpc) is 3.37. The molecule has 0 radical (unpaired) electrons. The van der Waals surface area contributed by atoms with Gasteiger partial charge in [-0.05, 0) is 31.0 Å². The van der Waals surface area contributed by atoms with E-state index in [9.17, 15) is 18.4 Å². The third kappa shape index (κ3) is 3.28. The molecule has 2 N–H and O–H groups in total. The molecular weight excluding hydrogens is 371 g/mol. The van der Waals surface area contributed by atoms with Gasteiger partial charge in [0.1, 0.15) is 6.07 Å². The number of nitriles is 2. The molecule has 2 aromatic heterocycles. The SMILES string of the molecule is N#Cc1ccc(Nc2cc(NC3CC3)c3ncc(C#N)n3n2)cc1C(F)(F)F. The van der Waals surface area contributed by atoms with Gasteiger partial charge in [-0.25, -0.2) is 4.98 Å². The second kappa shape index (κ2) is 6.43. The number of benzene rings is 1. The number of hydrogen-bond donors (Lipinski definition) is 2. The second-order valence-corrected chi connectivity index (χ2v) is 6.35. The van der Waals surface area contributed by atoms with Crippen molar-refractivity contribution in [1.82, 2.24) is 14.6 Å². The first-order valence-electron chi connectivity index (χ1n) is 8.33. The minimum atomic E-state index is -4.66. The van der Waals surface area contributed by atoms with Crippen LogP contribution in [0, 0.1) is 22.7 Å². The Morgan fingerprint density at radius 2 is 1.93 bits per heavy atom. The molecule has 140 valence electrons. The van der Waals surface area contributed by atoms with Crippen LogP contribution in [0.2, 0.25) is 0 Å². The summed E-state index contributed by atoms with van der Waals surface area (Å²) in [5.41, 5.74) is -0.0739. The normalized spacial score (nSPS) is 13.8. The van der Waals surface area contributed by atoms with Crippen molar-refractivity contribution in [1.29, 1.82) is 10.5 Å². The Morgan fingerprint density at radius 3 is 2.57 bits per heavy atom. The van der Waals surface area contributed by atoms with Crippen LogP contribution in [0.4, 0.5) is 30.4 Å². The van der Waals surface area contributed by atoms with Crippen molar-refractivity contribution in [2.24, 2.45) is 0 Å². The summed E-state index contributed by atoms with van der Waals surface area (Å²) in [6, 6.07) is 8.78. The van der Waals surface area contributed by atoms with Crippen molar-refractivity contribution < 1.29 is 13.2 Å². The summed E-state index contributed by atoms with van der Waals surface area (Å²) in [6.45, 7) is 0. The highest BCUT2D eigenvalue weighted by molar-refractivity contribution is 5.73. The Hall–Kier alpha value is -3.79. The summed E-state index contributed by atoms with van der Waals surface area (Å²) in [5.74, 6) is 0.239. The standard InChI is InChI=1S/C18H12F3N7/c19-18(20,21)14-5-12(2-1-10(14)7-22)26-16-6-15(25-11-3-4-11)17-24-9-13(8-23)28(17)27-16/h1-2,5-6,9,11,25H,3-4H2,(H,26,27). The smallest absolute Gasteiger partial charge is 0.379 e. The van der Waals surface area contributed by atoms with Crippen molar-refractivity contribution in [3.8, 4) is 12.1 Å². The number of halogens is 3. The third-order valence-corrected chi connectivity index (χ3v) is 4.24. The molecule has 0 aliphatic heterocycles. The zero-order valence-electron chi connectivity index (χ0n) is 14.2. The van der Waals surface area contributed by atoms with Crippen LogP contribution in [0.1, 0.15) is 29.7 Å². The molecule has 1 aliphatic carbocycles. The van der Waals surface area contributed by atoms with Gasteiger partial charge in [-0.2, -0.15) is 28.2 Å². The molecule has 1 fully saturated rings. The van der Waals surface area contributed by atoms with Gasteiger partial charge in [0.25, 0.3) is 0 Å². The first-order valence-corrected chi connectivity index (χ1v) is 8.33. The zero-order chi connectivity index (χ0) is 19.9. The highest BCUT2D eigenvalue weighted by Gasteiger charge is 2.34. The van der Waals surface area contributed by atoms with E-state index < -0.39 is 17.3 Å².